The van der Waals surface area contributed by atoms with Crippen molar-refractivity contribution in [3.8, 4) is 17.2 Å². The number of anilines is 1. The second-order valence-electron chi connectivity index (χ2n) is 5.02. The zero-order chi connectivity index (χ0) is 17.4. The molecule has 24 heavy (non-hydrogen) atoms. The van der Waals surface area contributed by atoms with E-state index in [1.807, 2.05) is 30.3 Å². The number of methoxy groups -OCH3 is 3. The summed E-state index contributed by atoms with van der Waals surface area (Å²) >= 11 is 0. The summed E-state index contributed by atoms with van der Waals surface area (Å²) in [5.41, 5.74) is 1.67. The predicted molar refractivity (Wildman–Crippen MR) is 93.3 cm³/mol. The summed E-state index contributed by atoms with van der Waals surface area (Å²) < 4.78 is 15.7. The first-order chi connectivity index (χ1) is 11.7. The number of carbonyl (C=O) groups is 1. The molecule has 0 aliphatic rings. The zero-order valence-electron chi connectivity index (χ0n) is 14.1. The Morgan fingerprint density at radius 2 is 1.62 bits per heavy atom. The molecule has 0 saturated heterocycles. The summed E-state index contributed by atoms with van der Waals surface area (Å²) in [5.74, 6) is 1.98. The number of para-hydroxylation sites is 2. The molecule has 2 rings (SSSR count). The van der Waals surface area contributed by atoms with Crippen LogP contribution in [0.3, 0.4) is 0 Å². The first-order valence-corrected chi connectivity index (χ1v) is 7.56. The van der Waals surface area contributed by atoms with Crippen LogP contribution >= 0.6 is 0 Å². The van der Waals surface area contributed by atoms with Gasteiger partial charge in [0.15, 0.2) is 11.5 Å². The Morgan fingerprint density at radius 1 is 0.917 bits per heavy atom. The second-order valence-corrected chi connectivity index (χ2v) is 5.02. The fraction of sp³-hybridized carbons (Fsp3) is 0.278. The lowest BCUT2D eigenvalue weighted by Gasteiger charge is -2.12. The molecule has 0 aliphatic carbocycles. The van der Waals surface area contributed by atoms with E-state index in [1.54, 1.807) is 33.5 Å². The molecule has 2 N–H and O–H groups in total. The van der Waals surface area contributed by atoms with Gasteiger partial charge in [-0.15, -0.1) is 0 Å². The summed E-state index contributed by atoms with van der Waals surface area (Å²) in [6.45, 7) is 0.496. The maximum atomic E-state index is 12.0. The number of carbonyl (C=O) groups excluding carboxylic acids is 1. The number of hydrogen-bond donors (Lipinski definition) is 2. The monoisotopic (exact) mass is 330 g/mol. The van der Waals surface area contributed by atoms with Gasteiger partial charge in [0.2, 0.25) is 0 Å². The van der Waals surface area contributed by atoms with Gasteiger partial charge in [-0.3, -0.25) is 0 Å². The van der Waals surface area contributed by atoms with E-state index in [4.69, 9.17) is 14.2 Å². The molecule has 0 aromatic heterocycles. The molecule has 2 aromatic rings. The molecule has 0 heterocycles. The maximum Gasteiger partial charge on any atom is 0.319 e. The average molecular weight is 330 g/mol. The fourth-order valence-corrected chi connectivity index (χ4v) is 2.27. The van der Waals surface area contributed by atoms with Crippen LogP contribution in [0.2, 0.25) is 0 Å². The Hall–Kier alpha value is -2.89. The standard InChI is InChI=1S/C18H22N2O4/c1-22-15-7-5-4-6-14(15)20-18(21)19-11-10-13-8-9-16(23-2)17(12-13)24-3/h4-9,12H,10-11H2,1-3H3,(H2,19,20,21). The number of amides is 2. The molecule has 2 amide bonds. The van der Waals surface area contributed by atoms with Gasteiger partial charge in [0.25, 0.3) is 0 Å². The van der Waals surface area contributed by atoms with E-state index in [-0.39, 0.29) is 6.03 Å². The summed E-state index contributed by atoms with van der Waals surface area (Å²) in [5, 5.41) is 5.59. The predicted octanol–water partition coefficient (Wildman–Crippen LogP) is 3.08. The van der Waals surface area contributed by atoms with Crippen LogP contribution in [0.4, 0.5) is 10.5 Å². The van der Waals surface area contributed by atoms with Crippen LogP contribution in [0.1, 0.15) is 5.56 Å². The van der Waals surface area contributed by atoms with Crippen LogP contribution in [0.5, 0.6) is 17.2 Å². The first-order valence-electron chi connectivity index (χ1n) is 7.56. The molecule has 0 bridgehead atoms. The third-order valence-corrected chi connectivity index (χ3v) is 3.50. The largest absolute Gasteiger partial charge is 0.495 e. The summed E-state index contributed by atoms with van der Waals surface area (Å²) in [4.78, 5) is 12.0. The molecule has 6 heteroatoms. The topological polar surface area (TPSA) is 68.8 Å². The van der Waals surface area contributed by atoms with E-state index in [0.717, 1.165) is 5.56 Å². The lowest BCUT2D eigenvalue weighted by atomic mass is 10.1. The van der Waals surface area contributed by atoms with Crippen LogP contribution in [0.25, 0.3) is 0 Å². The van der Waals surface area contributed by atoms with E-state index >= 15 is 0 Å². The number of benzene rings is 2. The minimum atomic E-state index is -0.278. The van der Waals surface area contributed by atoms with Gasteiger partial charge in [-0.1, -0.05) is 18.2 Å². The lowest BCUT2D eigenvalue weighted by molar-refractivity contribution is 0.252. The molecule has 0 atom stereocenters. The van der Waals surface area contributed by atoms with Gasteiger partial charge in [0, 0.05) is 6.54 Å². The quantitative estimate of drug-likeness (QED) is 0.818. The van der Waals surface area contributed by atoms with E-state index in [2.05, 4.69) is 10.6 Å². The molecule has 0 spiro atoms. The zero-order valence-corrected chi connectivity index (χ0v) is 14.1. The van der Waals surface area contributed by atoms with Gasteiger partial charge in [-0.25, -0.2) is 4.79 Å². The Kier molecular flexibility index (Phi) is 6.31. The Bertz CT molecular complexity index is 688. The van der Waals surface area contributed by atoms with Crippen LogP contribution in [0.15, 0.2) is 42.5 Å². The number of urea groups is 1. The highest BCUT2D eigenvalue weighted by atomic mass is 16.5. The van der Waals surface area contributed by atoms with Crippen molar-refractivity contribution in [1.29, 1.82) is 0 Å². The second kappa shape index (κ2) is 8.67. The molecule has 2 aromatic carbocycles. The first kappa shape index (κ1) is 17.5. The third-order valence-electron chi connectivity index (χ3n) is 3.50. The van der Waals surface area contributed by atoms with Crippen molar-refractivity contribution in [3.63, 3.8) is 0 Å². The molecule has 6 nitrogen and oxygen atoms in total. The Morgan fingerprint density at radius 3 is 2.33 bits per heavy atom. The van der Waals surface area contributed by atoms with Crippen molar-refractivity contribution in [2.45, 2.75) is 6.42 Å². The SMILES string of the molecule is COc1ccccc1NC(=O)NCCc1ccc(OC)c(OC)c1. The van der Waals surface area contributed by atoms with E-state index in [0.29, 0.717) is 35.9 Å². The van der Waals surface area contributed by atoms with Gasteiger partial charge < -0.3 is 24.8 Å². The fourth-order valence-electron chi connectivity index (χ4n) is 2.27. The number of nitrogens with one attached hydrogen (secondary N) is 2. The van der Waals surface area contributed by atoms with Crippen molar-refractivity contribution in [3.05, 3.63) is 48.0 Å². The van der Waals surface area contributed by atoms with Crippen molar-refractivity contribution in [2.75, 3.05) is 33.2 Å². The van der Waals surface area contributed by atoms with Crippen molar-refractivity contribution < 1.29 is 19.0 Å². The van der Waals surface area contributed by atoms with Crippen molar-refractivity contribution >= 4 is 11.7 Å². The average Bonchev–Trinajstić information content (AvgIpc) is 2.62. The van der Waals surface area contributed by atoms with Crippen LogP contribution in [0, 0.1) is 0 Å². The Labute approximate surface area is 141 Å². The third kappa shape index (κ3) is 4.55. The molecule has 0 saturated carbocycles. The molecular formula is C18H22N2O4. The highest BCUT2D eigenvalue weighted by molar-refractivity contribution is 5.90. The minimum absolute atomic E-state index is 0.278. The van der Waals surface area contributed by atoms with Gasteiger partial charge in [0.1, 0.15) is 5.75 Å². The molecular weight excluding hydrogens is 308 g/mol. The highest BCUT2D eigenvalue weighted by Crippen LogP contribution is 2.27. The van der Waals surface area contributed by atoms with Crippen LogP contribution < -0.4 is 24.8 Å². The van der Waals surface area contributed by atoms with Gasteiger partial charge in [-0.2, -0.15) is 0 Å². The summed E-state index contributed by atoms with van der Waals surface area (Å²) in [7, 11) is 4.76. The number of hydrogen-bond acceptors (Lipinski definition) is 4. The lowest BCUT2D eigenvalue weighted by Crippen LogP contribution is -2.30. The van der Waals surface area contributed by atoms with Crippen LogP contribution in [-0.4, -0.2) is 33.9 Å². The Balaban J connectivity index is 1.86. The number of ether oxygens (including phenoxy) is 3. The summed E-state index contributed by atoms with van der Waals surface area (Å²) in [6, 6.07) is 12.7. The van der Waals surface area contributed by atoms with Gasteiger partial charge in [-0.05, 0) is 36.2 Å². The maximum absolute atomic E-state index is 12.0. The van der Waals surface area contributed by atoms with Gasteiger partial charge >= 0.3 is 6.03 Å². The highest BCUT2D eigenvalue weighted by Gasteiger charge is 2.07. The molecule has 0 unspecified atom stereocenters. The number of rotatable bonds is 7. The van der Waals surface area contributed by atoms with Crippen molar-refractivity contribution in [1.82, 2.24) is 5.32 Å². The minimum Gasteiger partial charge on any atom is -0.495 e. The van der Waals surface area contributed by atoms with Crippen LogP contribution in [-0.2, 0) is 6.42 Å². The molecule has 0 fully saturated rings. The van der Waals surface area contributed by atoms with Gasteiger partial charge in [0.05, 0.1) is 27.0 Å². The summed E-state index contributed by atoms with van der Waals surface area (Å²) in [6.07, 6.45) is 0.680. The molecule has 128 valence electrons. The van der Waals surface area contributed by atoms with E-state index in [1.165, 1.54) is 0 Å². The van der Waals surface area contributed by atoms with E-state index < -0.39 is 0 Å². The molecule has 0 aliphatic heterocycles. The normalized spacial score (nSPS) is 9.96. The smallest absolute Gasteiger partial charge is 0.319 e. The van der Waals surface area contributed by atoms with E-state index in [9.17, 15) is 4.79 Å². The molecule has 0 radical (unpaired) electrons. The van der Waals surface area contributed by atoms with Crippen molar-refractivity contribution in [2.24, 2.45) is 0 Å².